The van der Waals surface area contributed by atoms with Gasteiger partial charge in [-0.1, -0.05) is 0 Å². The number of benzene rings is 1. The SMILES string of the molecule is CN(C(=O)[C@@H](NC(=O)OC(C)(C)C)[C@H]1CC[C@H](CSc2ccc(N)cc2)CC1)C1CCC1. The molecule has 0 unspecified atom stereocenters. The van der Waals surface area contributed by atoms with Crippen LogP contribution in [-0.2, 0) is 9.53 Å². The molecule has 2 aliphatic carbocycles. The van der Waals surface area contributed by atoms with Gasteiger partial charge in [0.2, 0.25) is 5.91 Å². The van der Waals surface area contributed by atoms with Gasteiger partial charge >= 0.3 is 6.09 Å². The second-order valence-corrected chi connectivity index (χ2v) is 11.4. The van der Waals surface area contributed by atoms with Crippen LogP contribution in [0.2, 0.25) is 0 Å². The summed E-state index contributed by atoms with van der Waals surface area (Å²) in [6.07, 6.45) is 6.80. The number of carbonyl (C=O) groups is 2. The van der Waals surface area contributed by atoms with E-state index >= 15 is 0 Å². The third-order valence-corrected chi connectivity index (χ3v) is 7.88. The molecule has 2 fully saturated rings. The van der Waals surface area contributed by atoms with E-state index in [1.807, 2.05) is 56.6 Å². The minimum absolute atomic E-state index is 0.0280. The zero-order valence-corrected chi connectivity index (χ0v) is 20.7. The molecule has 0 aliphatic heterocycles. The molecule has 32 heavy (non-hydrogen) atoms. The number of rotatable bonds is 7. The van der Waals surface area contributed by atoms with Crippen molar-refractivity contribution in [1.29, 1.82) is 0 Å². The molecule has 3 rings (SSSR count). The number of nitrogens with one attached hydrogen (secondary N) is 1. The van der Waals surface area contributed by atoms with Crippen LogP contribution in [0.4, 0.5) is 10.5 Å². The number of likely N-dealkylation sites (N-methyl/N-ethyl adjacent to an activating group) is 1. The summed E-state index contributed by atoms with van der Waals surface area (Å²) in [5, 5.41) is 2.94. The average molecular weight is 462 g/mol. The summed E-state index contributed by atoms with van der Waals surface area (Å²) < 4.78 is 5.47. The summed E-state index contributed by atoms with van der Waals surface area (Å²) in [6.45, 7) is 5.52. The van der Waals surface area contributed by atoms with Gasteiger partial charge in [-0.05, 0) is 102 Å². The summed E-state index contributed by atoms with van der Waals surface area (Å²) in [7, 11) is 1.88. The number of hydrogen-bond acceptors (Lipinski definition) is 5. The van der Waals surface area contributed by atoms with E-state index in [4.69, 9.17) is 10.5 Å². The van der Waals surface area contributed by atoms with E-state index in [0.717, 1.165) is 50.0 Å². The molecule has 0 aromatic heterocycles. The van der Waals surface area contributed by atoms with Gasteiger partial charge < -0.3 is 20.7 Å². The van der Waals surface area contributed by atoms with Crippen molar-refractivity contribution >= 4 is 29.4 Å². The molecule has 0 saturated heterocycles. The fraction of sp³-hybridized carbons (Fsp3) is 0.680. The molecule has 0 spiro atoms. The quantitative estimate of drug-likeness (QED) is 0.437. The van der Waals surface area contributed by atoms with Gasteiger partial charge in [-0.2, -0.15) is 0 Å². The predicted octanol–water partition coefficient (Wildman–Crippen LogP) is 5.07. The summed E-state index contributed by atoms with van der Waals surface area (Å²) in [4.78, 5) is 29.0. The topological polar surface area (TPSA) is 84.7 Å². The zero-order valence-electron chi connectivity index (χ0n) is 19.9. The van der Waals surface area contributed by atoms with Crippen molar-refractivity contribution in [1.82, 2.24) is 10.2 Å². The van der Waals surface area contributed by atoms with Crippen LogP contribution < -0.4 is 11.1 Å². The molecule has 1 atom stereocenters. The Morgan fingerprint density at radius 3 is 2.28 bits per heavy atom. The van der Waals surface area contributed by atoms with Gasteiger partial charge in [-0.25, -0.2) is 4.79 Å². The van der Waals surface area contributed by atoms with Crippen molar-refractivity contribution in [3.05, 3.63) is 24.3 Å². The van der Waals surface area contributed by atoms with E-state index in [0.29, 0.717) is 12.0 Å². The van der Waals surface area contributed by atoms with Crippen LogP contribution in [0.25, 0.3) is 0 Å². The molecule has 6 nitrogen and oxygen atoms in total. The smallest absolute Gasteiger partial charge is 0.408 e. The number of alkyl carbamates (subject to hydrolysis) is 1. The van der Waals surface area contributed by atoms with E-state index in [2.05, 4.69) is 17.4 Å². The van der Waals surface area contributed by atoms with E-state index in [-0.39, 0.29) is 11.8 Å². The van der Waals surface area contributed by atoms with E-state index < -0.39 is 17.7 Å². The van der Waals surface area contributed by atoms with Crippen molar-refractivity contribution in [2.24, 2.45) is 11.8 Å². The molecule has 7 heteroatoms. The van der Waals surface area contributed by atoms with Crippen molar-refractivity contribution < 1.29 is 14.3 Å². The predicted molar refractivity (Wildman–Crippen MR) is 131 cm³/mol. The number of ether oxygens (including phenoxy) is 1. The summed E-state index contributed by atoms with van der Waals surface area (Å²) >= 11 is 1.87. The highest BCUT2D eigenvalue weighted by atomic mass is 32.2. The van der Waals surface area contributed by atoms with Crippen LogP contribution in [0.5, 0.6) is 0 Å². The number of hydrogen-bond donors (Lipinski definition) is 2. The molecule has 0 radical (unpaired) electrons. The molecule has 1 aromatic carbocycles. The third-order valence-electron chi connectivity index (χ3n) is 6.64. The first-order chi connectivity index (χ1) is 15.1. The van der Waals surface area contributed by atoms with Crippen molar-refractivity contribution in [3.8, 4) is 0 Å². The van der Waals surface area contributed by atoms with Crippen LogP contribution in [0.15, 0.2) is 29.2 Å². The Hall–Kier alpha value is -1.89. The standard InChI is InChI=1S/C25H39N3O3S/c1-25(2,3)31-24(30)27-22(23(29)28(4)20-6-5-7-20)18-10-8-17(9-11-18)16-32-21-14-12-19(26)13-15-21/h12-15,17-18,20,22H,5-11,16,26H2,1-4H3,(H,27,30)/t17-,18-,22-/m0/s1. The van der Waals surface area contributed by atoms with Crippen LogP contribution in [0, 0.1) is 11.8 Å². The lowest BCUT2D eigenvalue weighted by Crippen LogP contribution is -2.55. The Kier molecular flexibility index (Phi) is 8.37. The van der Waals surface area contributed by atoms with Crippen LogP contribution in [0.1, 0.15) is 65.7 Å². The molecular weight excluding hydrogens is 422 g/mol. The molecule has 2 saturated carbocycles. The normalized spacial score (nSPS) is 22.5. The largest absolute Gasteiger partial charge is 0.444 e. The molecule has 3 N–H and O–H groups in total. The lowest BCUT2D eigenvalue weighted by Gasteiger charge is -2.40. The van der Waals surface area contributed by atoms with E-state index in [9.17, 15) is 9.59 Å². The molecule has 2 aliphatic rings. The lowest BCUT2D eigenvalue weighted by molar-refractivity contribution is -0.137. The Bertz CT molecular complexity index is 766. The highest BCUT2D eigenvalue weighted by molar-refractivity contribution is 7.99. The van der Waals surface area contributed by atoms with Crippen molar-refractivity contribution in [3.63, 3.8) is 0 Å². The van der Waals surface area contributed by atoms with Crippen molar-refractivity contribution in [2.45, 2.75) is 88.3 Å². The van der Waals surface area contributed by atoms with E-state index in [1.165, 1.54) is 11.3 Å². The fourth-order valence-corrected chi connectivity index (χ4v) is 5.55. The molecule has 0 heterocycles. The molecule has 178 valence electrons. The second-order valence-electron chi connectivity index (χ2n) is 10.3. The van der Waals surface area contributed by atoms with Gasteiger partial charge in [0.25, 0.3) is 0 Å². The first-order valence-electron chi connectivity index (χ1n) is 11.9. The molecule has 0 bridgehead atoms. The highest BCUT2D eigenvalue weighted by Gasteiger charge is 2.38. The second kappa shape index (κ2) is 10.8. The number of amides is 2. The van der Waals surface area contributed by atoms with Gasteiger partial charge in [0, 0.05) is 29.4 Å². The fourth-order valence-electron chi connectivity index (χ4n) is 4.46. The Labute approximate surface area is 197 Å². The number of anilines is 1. The monoisotopic (exact) mass is 461 g/mol. The number of nitrogens with zero attached hydrogens (tertiary/aromatic N) is 1. The van der Waals surface area contributed by atoms with Gasteiger partial charge in [0.15, 0.2) is 0 Å². The number of carbonyl (C=O) groups excluding carboxylic acids is 2. The molecule has 2 amide bonds. The van der Waals surface area contributed by atoms with Gasteiger partial charge in [-0.3, -0.25) is 4.79 Å². The van der Waals surface area contributed by atoms with Crippen LogP contribution in [0.3, 0.4) is 0 Å². The summed E-state index contributed by atoms with van der Waals surface area (Å²) in [5.74, 6) is 1.86. The van der Waals surface area contributed by atoms with E-state index in [1.54, 1.807) is 0 Å². The van der Waals surface area contributed by atoms with Crippen LogP contribution in [-0.4, -0.2) is 47.4 Å². The number of nitrogen functional groups attached to an aromatic ring is 1. The summed E-state index contributed by atoms with van der Waals surface area (Å²) in [5.41, 5.74) is 5.97. The van der Waals surface area contributed by atoms with Gasteiger partial charge in [0.1, 0.15) is 11.6 Å². The summed E-state index contributed by atoms with van der Waals surface area (Å²) in [6, 6.07) is 7.81. The average Bonchev–Trinajstić information content (AvgIpc) is 2.69. The maximum absolute atomic E-state index is 13.3. The van der Waals surface area contributed by atoms with Crippen molar-refractivity contribution in [2.75, 3.05) is 18.5 Å². The number of nitrogens with two attached hydrogens (primary N) is 1. The maximum atomic E-state index is 13.3. The Morgan fingerprint density at radius 1 is 1.12 bits per heavy atom. The lowest BCUT2D eigenvalue weighted by atomic mass is 9.78. The number of thioether (sulfide) groups is 1. The van der Waals surface area contributed by atoms with Crippen LogP contribution >= 0.6 is 11.8 Å². The third kappa shape index (κ3) is 7.06. The van der Waals surface area contributed by atoms with Gasteiger partial charge in [-0.15, -0.1) is 11.8 Å². The first kappa shape index (κ1) is 24.7. The Balaban J connectivity index is 1.57. The zero-order chi connectivity index (χ0) is 23.3. The minimum atomic E-state index is -0.589. The maximum Gasteiger partial charge on any atom is 0.408 e. The molecular formula is C25H39N3O3S. The highest BCUT2D eigenvalue weighted by Crippen LogP contribution is 2.35. The first-order valence-corrected chi connectivity index (χ1v) is 12.9. The minimum Gasteiger partial charge on any atom is -0.444 e. The molecule has 1 aromatic rings. The van der Waals surface area contributed by atoms with Gasteiger partial charge in [0.05, 0.1) is 0 Å². The Morgan fingerprint density at radius 2 is 1.75 bits per heavy atom.